The van der Waals surface area contributed by atoms with Crippen molar-refractivity contribution in [2.45, 2.75) is 19.1 Å². The van der Waals surface area contributed by atoms with Gasteiger partial charge in [-0.1, -0.05) is 11.6 Å². The Balaban J connectivity index is 1.74. The van der Waals surface area contributed by atoms with Gasteiger partial charge in [-0.2, -0.15) is 23.0 Å². The van der Waals surface area contributed by atoms with Crippen LogP contribution in [0.3, 0.4) is 0 Å². The smallest absolute Gasteiger partial charge is 0.384 e. The maximum Gasteiger partial charge on any atom is 0.418 e. The van der Waals surface area contributed by atoms with Crippen molar-refractivity contribution in [1.82, 2.24) is 34.7 Å². The van der Waals surface area contributed by atoms with E-state index in [0.29, 0.717) is 11.6 Å². The highest BCUT2D eigenvalue weighted by atomic mass is 35.5. The summed E-state index contributed by atoms with van der Waals surface area (Å²) >= 11 is 5.92. The quantitative estimate of drug-likeness (QED) is 0.500. The lowest BCUT2D eigenvalue weighted by Gasteiger charge is -2.17. The average Bonchev–Trinajstić information content (AvgIpc) is 3.17. The number of alkyl halides is 3. The molecule has 0 aliphatic rings. The second kappa shape index (κ2) is 7.37. The van der Waals surface area contributed by atoms with Crippen molar-refractivity contribution in [3.63, 3.8) is 0 Å². The minimum absolute atomic E-state index is 0.0834. The lowest BCUT2D eigenvalue weighted by atomic mass is 10.1. The molecule has 13 heteroatoms. The van der Waals surface area contributed by atoms with Gasteiger partial charge in [0.2, 0.25) is 0 Å². The average molecular weight is 436 g/mol. The van der Waals surface area contributed by atoms with Gasteiger partial charge in [0.15, 0.2) is 11.6 Å². The van der Waals surface area contributed by atoms with Crippen LogP contribution in [0.2, 0.25) is 5.02 Å². The zero-order valence-corrected chi connectivity index (χ0v) is 16.0. The Bertz CT molecular complexity index is 1220. The molecule has 0 spiro atoms. The van der Waals surface area contributed by atoms with Crippen LogP contribution in [0.25, 0.3) is 16.7 Å². The molecule has 0 fully saturated rings. The van der Waals surface area contributed by atoms with Crippen LogP contribution in [0.5, 0.6) is 0 Å². The highest BCUT2D eigenvalue weighted by Gasteiger charge is 2.34. The van der Waals surface area contributed by atoms with Crippen molar-refractivity contribution >= 4 is 34.1 Å². The molecule has 0 bridgehead atoms. The van der Waals surface area contributed by atoms with Crippen LogP contribution in [0.4, 0.5) is 24.8 Å². The van der Waals surface area contributed by atoms with E-state index in [0.717, 1.165) is 12.4 Å². The molecule has 1 unspecified atom stereocenters. The number of hydrogen-bond acceptors (Lipinski definition) is 8. The third-order valence-electron chi connectivity index (χ3n) is 4.21. The Hall–Kier alpha value is -3.54. The summed E-state index contributed by atoms with van der Waals surface area (Å²) in [6.07, 6.45) is -0.959. The predicted molar refractivity (Wildman–Crippen MR) is 103 cm³/mol. The number of aromatic nitrogens is 7. The number of anilines is 2. The van der Waals surface area contributed by atoms with Crippen molar-refractivity contribution in [3.05, 3.63) is 53.6 Å². The van der Waals surface area contributed by atoms with Crippen LogP contribution in [-0.4, -0.2) is 34.7 Å². The third kappa shape index (κ3) is 3.68. The number of nitrogens with one attached hydrogen (secondary N) is 1. The molecule has 3 N–H and O–H groups in total. The number of nitrogens with zero attached hydrogens (tertiary/aromatic N) is 7. The summed E-state index contributed by atoms with van der Waals surface area (Å²) < 4.78 is 41.7. The zero-order valence-electron chi connectivity index (χ0n) is 15.3. The van der Waals surface area contributed by atoms with E-state index < -0.39 is 17.8 Å². The van der Waals surface area contributed by atoms with E-state index in [9.17, 15) is 13.2 Å². The van der Waals surface area contributed by atoms with Crippen molar-refractivity contribution in [1.29, 1.82) is 0 Å². The van der Waals surface area contributed by atoms with E-state index in [1.54, 1.807) is 6.92 Å². The van der Waals surface area contributed by atoms with Crippen molar-refractivity contribution in [2.24, 2.45) is 0 Å². The summed E-state index contributed by atoms with van der Waals surface area (Å²) in [6, 6.07) is 3.20. The molecule has 0 aliphatic heterocycles. The lowest BCUT2D eigenvalue weighted by Crippen LogP contribution is -2.16. The Kier molecular flexibility index (Phi) is 4.86. The van der Waals surface area contributed by atoms with Crippen LogP contribution in [0.1, 0.15) is 24.4 Å². The number of nitrogens with two attached hydrogens (primary N) is 1. The van der Waals surface area contributed by atoms with Crippen molar-refractivity contribution in [3.8, 4) is 5.82 Å². The highest BCUT2D eigenvalue weighted by Crippen LogP contribution is 2.38. The number of nitrogen functional groups attached to an aromatic ring is 1. The van der Waals surface area contributed by atoms with Gasteiger partial charge in [-0.15, -0.1) is 0 Å². The van der Waals surface area contributed by atoms with Gasteiger partial charge in [0.1, 0.15) is 30.6 Å². The van der Waals surface area contributed by atoms with Gasteiger partial charge in [-0.25, -0.2) is 24.9 Å². The van der Waals surface area contributed by atoms with Crippen LogP contribution in [0.15, 0.2) is 37.2 Å². The lowest BCUT2D eigenvalue weighted by molar-refractivity contribution is -0.136. The molecule has 0 saturated heterocycles. The van der Waals surface area contributed by atoms with Gasteiger partial charge >= 0.3 is 6.18 Å². The van der Waals surface area contributed by atoms with Gasteiger partial charge in [-0.3, -0.25) is 0 Å². The van der Waals surface area contributed by atoms with Crippen molar-refractivity contribution in [2.75, 3.05) is 11.1 Å². The second-order valence-corrected chi connectivity index (χ2v) is 6.70. The summed E-state index contributed by atoms with van der Waals surface area (Å²) in [7, 11) is 0. The molecule has 3 aromatic heterocycles. The van der Waals surface area contributed by atoms with Gasteiger partial charge in [-0.05, 0) is 19.1 Å². The minimum atomic E-state index is -4.62. The molecule has 0 aliphatic carbocycles. The molecule has 4 rings (SSSR count). The summed E-state index contributed by atoms with van der Waals surface area (Å²) in [5.41, 5.74) is 4.49. The first kappa shape index (κ1) is 19.8. The van der Waals surface area contributed by atoms with Crippen LogP contribution in [0, 0.1) is 0 Å². The van der Waals surface area contributed by atoms with Crippen molar-refractivity contribution < 1.29 is 13.2 Å². The molecule has 3 heterocycles. The fourth-order valence-corrected chi connectivity index (χ4v) is 3.15. The number of fused-ring (bicyclic) bond motifs is 1. The molecule has 1 atom stereocenters. The highest BCUT2D eigenvalue weighted by molar-refractivity contribution is 6.31. The fraction of sp³-hybridized carbons (Fsp3) is 0.176. The Morgan fingerprint density at radius 1 is 1.03 bits per heavy atom. The summed E-state index contributed by atoms with van der Waals surface area (Å²) in [5.74, 6) is 1.23. The normalized spacial score (nSPS) is 12.8. The summed E-state index contributed by atoms with van der Waals surface area (Å²) in [4.78, 5) is 20.0. The molecule has 1 aromatic carbocycles. The second-order valence-electron chi connectivity index (χ2n) is 6.27. The maximum absolute atomic E-state index is 13.4. The minimum Gasteiger partial charge on any atom is -0.384 e. The van der Waals surface area contributed by atoms with E-state index in [2.05, 4.69) is 35.3 Å². The van der Waals surface area contributed by atoms with Crippen LogP contribution >= 0.6 is 11.6 Å². The molecule has 4 aromatic rings. The predicted octanol–water partition coefficient (Wildman–Crippen LogP) is 3.43. The molecule has 9 nitrogen and oxygen atoms in total. The van der Waals surface area contributed by atoms with E-state index in [4.69, 9.17) is 17.3 Å². The summed E-state index contributed by atoms with van der Waals surface area (Å²) in [5, 5.41) is 7.22. The molecule has 154 valence electrons. The first-order chi connectivity index (χ1) is 14.2. The number of benzene rings is 1. The van der Waals surface area contributed by atoms with Gasteiger partial charge in [0.25, 0.3) is 0 Å². The largest absolute Gasteiger partial charge is 0.418 e. The number of hydrogen-bond donors (Lipinski definition) is 2. The molecule has 0 amide bonds. The van der Waals surface area contributed by atoms with Crippen LogP contribution < -0.4 is 11.1 Å². The van der Waals surface area contributed by atoms with Gasteiger partial charge in [0.05, 0.1) is 17.1 Å². The van der Waals surface area contributed by atoms with Gasteiger partial charge < -0.3 is 11.1 Å². The Morgan fingerprint density at radius 2 is 1.80 bits per heavy atom. The topological polar surface area (TPSA) is 120 Å². The SMILES string of the molecule is CC(Nc1ncnc2c(C(F)(F)F)cc(Cl)cc12)c1ncnn1-c1cc(N)ncn1. The standard InChI is InChI=1S/C17H13ClF3N9/c1-8(16-27-7-28-30(16)13-4-12(22)23-5-24-13)29-15-10-2-9(18)3-11(17(19,20)21)14(10)25-6-26-15/h2-8H,1H3,(H2,22,23,24)(H,25,26,29). The Labute approximate surface area is 172 Å². The molecule has 30 heavy (non-hydrogen) atoms. The first-order valence-electron chi connectivity index (χ1n) is 8.50. The number of halogens is 4. The monoisotopic (exact) mass is 435 g/mol. The fourth-order valence-electron chi connectivity index (χ4n) is 2.93. The third-order valence-corrected chi connectivity index (χ3v) is 4.43. The first-order valence-corrected chi connectivity index (χ1v) is 8.87. The van der Waals surface area contributed by atoms with Gasteiger partial charge in [0, 0.05) is 16.5 Å². The van der Waals surface area contributed by atoms with E-state index in [1.807, 2.05) is 0 Å². The Morgan fingerprint density at radius 3 is 2.53 bits per heavy atom. The van der Waals surface area contributed by atoms with E-state index in [-0.39, 0.29) is 27.6 Å². The maximum atomic E-state index is 13.4. The zero-order chi connectivity index (χ0) is 21.5. The molecular weight excluding hydrogens is 423 g/mol. The number of rotatable bonds is 4. The molecule has 0 saturated carbocycles. The van der Waals surface area contributed by atoms with E-state index in [1.165, 1.54) is 29.5 Å². The molecule has 0 radical (unpaired) electrons. The summed E-state index contributed by atoms with van der Waals surface area (Å²) in [6.45, 7) is 1.74. The molecular formula is C17H13ClF3N9. The van der Waals surface area contributed by atoms with Crippen LogP contribution in [-0.2, 0) is 6.18 Å². The van der Waals surface area contributed by atoms with E-state index >= 15 is 0 Å².